The van der Waals surface area contributed by atoms with Crippen LogP contribution < -0.4 is 15.0 Å². The molecule has 3 heterocycles. The Morgan fingerprint density at radius 3 is 2.71 bits per heavy atom. The molecule has 1 amide bonds. The molecule has 1 fully saturated rings. The molecular formula is C24H32N6O3S. The normalized spacial score (nSPS) is 13.9. The summed E-state index contributed by atoms with van der Waals surface area (Å²) >= 11 is 1.61. The Balaban J connectivity index is 1.41. The van der Waals surface area contributed by atoms with Gasteiger partial charge in [-0.2, -0.15) is 5.10 Å². The van der Waals surface area contributed by atoms with E-state index >= 15 is 0 Å². The molecule has 1 N–H and O–H groups in total. The van der Waals surface area contributed by atoms with E-state index in [4.69, 9.17) is 19.4 Å². The molecule has 4 rings (SSSR count). The molecule has 182 valence electrons. The number of morpholine rings is 1. The topological polar surface area (TPSA) is 94.4 Å². The fraction of sp³-hybridized carbons (Fsp3) is 0.500. The lowest BCUT2D eigenvalue weighted by Crippen LogP contribution is -2.37. The number of benzene rings is 1. The maximum absolute atomic E-state index is 12.6. The Morgan fingerprint density at radius 2 is 1.97 bits per heavy atom. The SMILES string of the molecule is CCCCOc1ccc(C(=O)NCCn2ncc3c(N4CCOCC4)nc(SCC)nc32)cc1. The lowest BCUT2D eigenvalue weighted by molar-refractivity contribution is 0.0952. The molecule has 0 bridgehead atoms. The van der Waals surface area contributed by atoms with Crippen molar-refractivity contribution in [2.24, 2.45) is 0 Å². The van der Waals surface area contributed by atoms with Gasteiger partial charge >= 0.3 is 0 Å². The Labute approximate surface area is 204 Å². The predicted molar refractivity (Wildman–Crippen MR) is 134 cm³/mol. The van der Waals surface area contributed by atoms with Crippen molar-refractivity contribution < 1.29 is 14.3 Å². The lowest BCUT2D eigenvalue weighted by Gasteiger charge is -2.28. The number of hydrogen-bond acceptors (Lipinski definition) is 8. The van der Waals surface area contributed by atoms with Crippen molar-refractivity contribution in [3.05, 3.63) is 36.0 Å². The molecule has 0 aliphatic carbocycles. The molecule has 1 aliphatic heterocycles. The van der Waals surface area contributed by atoms with E-state index in [0.29, 0.717) is 38.5 Å². The number of carbonyl (C=O) groups is 1. The van der Waals surface area contributed by atoms with Gasteiger partial charge in [0, 0.05) is 25.2 Å². The third-order valence-corrected chi connectivity index (χ3v) is 6.26. The van der Waals surface area contributed by atoms with Gasteiger partial charge in [0.05, 0.1) is 37.9 Å². The summed E-state index contributed by atoms with van der Waals surface area (Å²) in [5.74, 6) is 2.45. The highest BCUT2D eigenvalue weighted by Crippen LogP contribution is 2.27. The smallest absolute Gasteiger partial charge is 0.251 e. The van der Waals surface area contributed by atoms with E-state index < -0.39 is 0 Å². The Kier molecular flexibility index (Phi) is 8.59. The molecule has 0 atom stereocenters. The predicted octanol–water partition coefficient (Wildman–Crippen LogP) is 3.38. The summed E-state index contributed by atoms with van der Waals surface area (Å²) in [7, 11) is 0. The summed E-state index contributed by atoms with van der Waals surface area (Å²) in [5.41, 5.74) is 1.39. The number of rotatable bonds is 11. The molecule has 1 saturated heterocycles. The van der Waals surface area contributed by atoms with E-state index in [1.807, 2.05) is 23.0 Å². The first kappa shape index (κ1) is 24.3. The van der Waals surface area contributed by atoms with Crippen LogP contribution in [0.1, 0.15) is 37.0 Å². The molecule has 1 aliphatic rings. The molecular weight excluding hydrogens is 452 g/mol. The number of thioether (sulfide) groups is 1. The maximum Gasteiger partial charge on any atom is 0.251 e. The molecule has 1 aromatic carbocycles. The number of amides is 1. The zero-order valence-electron chi connectivity index (χ0n) is 19.8. The van der Waals surface area contributed by atoms with Crippen molar-refractivity contribution in [3.8, 4) is 5.75 Å². The van der Waals surface area contributed by atoms with Gasteiger partial charge in [-0.15, -0.1) is 0 Å². The number of anilines is 1. The van der Waals surface area contributed by atoms with Gasteiger partial charge in [0.1, 0.15) is 11.6 Å². The number of ether oxygens (including phenoxy) is 2. The van der Waals surface area contributed by atoms with Gasteiger partial charge in [0.15, 0.2) is 10.8 Å². The summed E-state index contributed by atoms with van der Waals surface area (Å²) in [6.07, 6.45) is 3.92. The van der Waals surface area contributed by atoms with Crippen molar-refractivity contribution in [2.45, 2.75) is 38.4 Å². The van der Waals surface area contributed by atoms with Crippen LogP contribution in [-0.4, -0.2) is 70.9 Å². The molecule has 0 radical (unpaired) electrons. The largest absolute Gasteiger partial charge is 0.494 e. The van der Waals surface area contributed by atoms with Crippen molar-refractivity contribution in [2.75, 3.05) is 50.1 Å². The quantitative estimate of drug-likeness (QED) is 0.251. The molecule has 34 heavy (non-hydrogen) atoms. The van der Waals surface area contributed by atoms with Crippen LogP contribution in [0.25, 0.3) is 11.0 Å². The lowest BCUT2D eigenvalue weighted by atomic mass is 10.2. The summed E-state index contributed by atoms with van der Waals surface area (Å²) in [5, 5.41) is 9.19. The number of unbranched alkanes of at least 4 members (excludes halogenated alkanes) is 1. The zero-order chi connectivity index (χ0) is 23.8. The van der Waals surface area contributed by atoms with Gasteiger partial charge in [0.25, 0.3) is 5.91 Å². The summed E-state index contributed by atoms with van der Waals surface area (Å²) in [4.78, 5) is 24.4. The number of hydrogen-bond donors (Lipinski definition) is 1. The number of aromatic nitrogens is 4. The summed E-state index contributed by atoms with van der Waals surface area (Å²) in [6, 6.07) is 7.25. The number of carbonyl (C=O) groups excluding carboxylic acids is 1. The van der Waals surface area contributed by atoms with Crippen LogP contribution in [0.2, 0.25) is 0 Å². The highest BCUT2D eigenvalue weighted by atomic mass is 32.2. The van der Waals surface area contributed by atoms with Crippen LogP contribution in [0.3, 0.4) is 0 Å². The van der Waals surface area contributed by atoms with E-state index in [0.717, 1.165) is 59.4 Å². The van der Waals surface area contributed by atoms with Crippen LogP contribution in [-0.2, 0) is 11.3 Å². The highest BCUT2D eigenvalue weighted by molar-refractivity contribution is 7.99. The number of nitrogens with zero attached hydrogens (tertiary/aromatic N) is 5. The molecule has 0 saturated carbocycles. The van der Waals surface area contributed by atoms with Crippen LogP contribution in [0.4, 0.5) is 5.82 Å². The van der Waals surface area contributed by atoms with E-state index in [-0.39, 0.29) is 5.91 Å². The third kappa shape index (κ3) is 5.98. The Morgan fingerprint density at radius 1 is 1.18 bits per heavy atom. The fourth-order valence-electron chi connectivity index (χ4n) is 3.71. The molecule has 0 spiro atoms. The number of nitrogens with one attached hydrogen (secondary N) is 1. The van der Waals surface area contributed by atoms with Crippen LogP contribution in [0.5, 0.6) is 5.75 Å². The van der Waals surface area contributed by atoms with Crippen LogP contribution in [0.15, 0.2) is 35.6 Å². The fourth-order valence-corrected chi connectivity index (χ4v) is 4.27. The Bertz CT molecular complexity index is 1080. The van der Waals surface area contributed by atoms with Crippen molar-refractivity contribution in [1.29, 1.82) is 0 Å². The highest BCUT2D eigenvalue weighted by Gasteiger charge is 2.20. The summed E-state index contributed by atoms with van der Waals surface area (Å²) in [6.45, 7) is 8.83. The molecule has 0 unspecified atom stereocenters. The van der Waals surface area contributed by atoms with Gasteiger partial charge in [-0.3, -0.25) is 4.79 Å². The van der Waals surface area contributed by atoms with Crippen LogP contribution in [0, 0.1) is 0 Å². The average Bonchev–Trinajstić information content (AvgIpc) is 3.27. The van der Waals surface area contributed by atoms with Gasteiger partial charge in [0.2, 0.25) is 0 Å². The minimum Gasteiger partial charge on any atom is -0.494 e. The van der Waals surface area contributed by atoms with E-state index in [9.17, 15) is 4.79 Å². The molecule has 2 aromatic heterocycles. The van der Waals surface area contributed by atoms with Crippen molar-refractivity contribution >= 4 is 34.5 Å². The molecule has 9 nitrogen and oxygen atoms in total. The monoisotopic (exact) mass is 484 g/mol. The van der Waals surface area contributed by atoms with Crippen LogP contribution >= 0.6 is 11.8 Å². The molecule has 10 heteroatoms. The minimum atomic E-state index is -0.123. The van der Waals surface area contributed by atoms with Gasteiger partial charge in [-0.05, 0) is 36.4 Å². The second-order valence-electron chi connectivity index (χ2n) is 7.95. The Hall–Kier alpha value is -2.85. The minimum absolute atomic E-state index is 0.123. The first-order chi connectivity index (χ1) is 16.7. The standard InChI is InChI=1S/C24H32N6O3S/c1-3-5-14-33-19-8-6-18(7-9-19)23(31)25-10-11-30-22-20(17-26-30)21(27-24(28-22)34-4-2)29-12-15-32-16-13-29/h6-9,17H,3-5,10-16H2,1-2H3,(H,25,31). The first-order valence-electron chi connectivity index (χ1n) is 11.9. The third-order valence-electron chi connectivity index (χ3n) is 5.53. The second-order valence-corrected chi connectivity index (χ2v) is 9.18. The molecule has 3 aromatic rings. The number of fused-ring (bicyclic) bond motifs is 1. The van der Waals surface area contributed by atoms with Gasteiger partial charge in [-0.1, -0.05) is 32.0 Å². The first-order valence-corrected chi connectivity index (χ1v) is 12.9. The maximum atomic E-state index is 12.6. The van der Waals surface area contributed by atoms with Gasteiger partial charge in [-0.25, -0.2) is 14.6 Å². The average molecular weight is 485 g/mol. The van der Waals surface area contributed by atoms with Crippen molar-refractivity contribution in [3.63, 3.8) is 0 Å². The second kappa shape index (κ2) is 12.0. The van der Waals surface area contributed by atoms with E-state index in [1.165, 1.54) is 0 Å². The van der Waals surface area contributed by atoms with E-state index in [2.05, 4.69) is 29.2 Å². The zero-order valence-corrected chi connectivity index (χ0v) is 20.6. The van der Waals surface area contributed by atoms with Gasteiger partial charge < -0.3 is 19.7 Å². The summed E-state index contributed by atoms with van der Waals surface area (Å²) < 4.78 is 13.0. The van der Waals surface area contributed by atoms with E-state index in [1.54, 1.807) is 23.9 Å². The van der Waals surface area contributed by atoms with Crippen molar-refractivity contribution in [1.82, 2.24) is 25.1 Å².